The molecule has 0 radical (unpaired) electrons. The van der Waals surface area contributed by atoms with Gasteiger partial charge in [0.05, 0.1) is 17.1 Å². The van der Waals surface area contributed by atoms with Crippen LogP contribution < -0.4 is 14.7 Å². The zero-order valence-electron chi connectivity index (χ0n) is 55.3. The highest BCUT2D eigenvalue weighted by molar-refractivity contribution is 5.96. The lowest BCUT2D eigenvalue weighted by Crippen LogP contribution is -2.38. The molecule has 0 spiro atoms. The van der Waals surface area contributed by atoms with Gasteiger partial charge in [0.25, 0.3) is 0 Å². The molecular weight excluding hydrogens is 1090 g/mol. The Balaban J connectivity index is 0.909. The van der Waals surface area contributed by atoms with Crippen LogP contribution in [0.2, 0.25) is 0 Å². The molecule has 0 fully saturated rings. The van der Waals surface area contributed by atoms with Crippen molar-refractivity contribution in [3.05, 3.63) is 299 Å². The van der Waals surface area contributed by atoms with Gasteiger partial charge in [-0.25, -0.2) is 0 Å². The second kappa shape index (κ2) is 21.0. The molecule has 0 aromatic heterocycles. The normalized spacial score (nSPS) is 16.8. The largest absolute Gasteiger partial charge is 0.310 e. The average Bonchev–Trinajstić information content (AvgIpc) is 0.848. The van der Waals surface area contributed by atoms with Crippen molar-refractivity contribution in [2.45, 2.75) is 136 Å². The Morgan fingerprint density at radius 2 is 0.778 bits per heavy atom. The van der Waals surface area contributed by atoms with E-state index in [0.29, 0.717) is 0 Å². The second-order valence-electron chi connectivity index (χ2n) is 30.1. The van der Waals surface area contributed by atoms with Crippen LogP contribution in [0.1, 0.15) is 159 Å². The Labute approximate surface area is 536 Å². The van der Waals surface area contributed by atoms with E-state index in [-0.39, 0.29) is 27.1 Å². The molecule has 14 rings (SSSR count). The molecule has 4 aliphatic rings. The lowest BCUT2D eigenvalue weighted by Gasteiger charge is -2.50. The molecule has 448 valence electrons. The zero-order valence-corrected chi connectivity index (χ0v) is 55.3. The number of rotatable bonds is 8. The highest BCUT2D eigenvalue weighted by atomic mass is 15.2. The van der Waals surface area contributed by atoms with Crippen LogP contribution in [-0.2, 0) is 32.5 Å². The molecule has 3 heteroatoms. The van der Waals surface area contributed by atoms with E-state index in [0.717, 1.165) is 46.1 Å². The van der Waals surface area contributed by atoms with Crippen molar-refractivity contribution in [3.63, 3.8) is 0 Å². The third-order valence-corrected chi connectivity index (χ3v) is 20.6. The van der Waals surface area contributed by atoms with E-state index in [1.165, 1.54) is 106 Å². The van der Waals surface area contributed by atoms with Crippen LogP contribution in [0.4, 0.5) is 51.2 Å². The van der Waals surface area contributed by atoms with Gasteiger partial charge in [0, 0.05) is 50.4 Å². The highest BCUT2D eigenvalue weighted by Gasteiger charge is 2.47. The SMILES string of the molecule is C=C1/C=C\C=C/CC(C)(C)c2cc(-c3ccc(N(c4ccc(C(C)(C)C)cc4)c4ccc5c(c4)C(C)(C)c4cc(N(c6ccc(-c7ccc8c(c7)C(C)(C)c7ccccc7-8)cc6)c6ccc(C(C)(C)C)cc6)cc6c4N5c4ccccc4C6(C)C)cc3)ccc21. The Bertz CT molecular complexity index is 4560. The third kappa shape index (κ3) is 9.61. The molecule has 10 aromatic carbocycles. The summed E-state index contributed by atoms with van der Waals surface area (Å²) in [4.78, 5) is 7.56. The minimum atomic E-state index is -0.448. The Morgan fingerprint density at radius 3 is 1.34 bits per heavy atom. The third-order valence-electron chi connectivity index (χ3n) is 20.6. The standard InChI is InChI=1S/C87H85N3/c1-56-23-17-16-22-50-84(8,9)74-51-59(32-47-69(56)74)57-28-38-63(39-29-57)88(65-42-34-61(35-43-65)82(2,3)4)67-46-49-80-76(53-67)87(14,15)78-55-68(54-77-81(78)90(80)79-27-21-20-26-73(79)86(77,12)13)89(66-44-36-62(37-45-66)83(5,6)7)64-40-30-58(31-41-64)60-33-48-71-70-24-18-19-25-72(70)85(10,11)75(71)52-60/h16-49,51-55H,1,50H2,2-15H3/b22-16-,23-17-. The van der Waals surface area contributed by atoms with Crippen LogP contribution in [-0.4, -0.2) is 0 Å². The van der Waals surface area contributed by atoms with Crippen molar-refractivity contribution < 1.29 is 0 Å². The molecule has 3 nitrogen and oxygen atoms in total. The second-order valence-corrected chi connectivity index (χ2v) is 30.1. The van der Waals surface area contributed by atoms with Gasteiger partial charge in [0.15, 0.2) is 0 Å². The molecular formula is C87H85N3. The summed E-state index contributed by atoms with van der Waals surface area (Å²) >= 11 is 0. The summed E-state index contributed by atoms with van der Waals surface area (Å²) in [5.74, 6) is 0. The molecule has 0 saturated carbocycles. The first-order valence-electron chi connectivity index (χ1n) is 32.5. The Kier molecular flexibility index (Phi) is 13.6. The highest BCUT2D eigenvalue weighted by Crippen LogP contribution is 2.62. The van der Waals surface area contributed by atoms with E-state index in [4.69, 9.17) is 0 Å². The van der Waals surface area contributed by atoms with Crippen molar-refractivity contribution in [2.75, 3.05) is 14.7 Å². The van der Waals surface area contributed by atoms with Gasteiger partial charge < -0.3 is 14.7 Å². The number of benzene rings is 10. The van der Waals surface area contributed by atoms with Crippen molar-refractivity contribution in [1.82, 2.24) is 0 Å². The number of fused-ring (bicyclic) bond motifs is 8. The van der Waals surface area contributed by atoms with Crippen LogP contribution in [0.3, 0.4) is 0 Å². The summed E-state index contributed by atoms with van der Waals surface area (Å²) in [5.41, 5.74) is 31.2. The van der Waals surface area contributed by atoms with Crippen LogP contribution >= 0.6 is 0 Å². The lowest BCUT2D eigenvalue weighted by atomic mass is 9.66. The maximum Gasteiger partial charge on any atom is 0.0545 e. The van der Waals surface area contributed by atoms with Crippen LogP contribution in [0.25, 0.3) is 39.0 Å². The molecule has 10 aromatic rings. The van der Waals surface area contributed by atoms with Gasteiger partial charge in [0.2, 0.25) is 0 Å². The van der Waals surface area contributed by atoms with E-state index in [1.807, 2.05) is 0 Å². The predicted octanol–water partition coefficient (Wildman–Crippen LogP) is 24.4. The van der Waals surface area contributed by atoms with Gasteiger partial charge in [-0.2, -0.15) is 0 Å². The fourth-order valence-corrected chi connectivity index (χ4v) is 15.1. The molecule has 2 heterocycles. The number of allylic oxidation sites excluding steroid dienone is 5. The number of anilines is 9. The maximum atomic E-state index is 4.49. The zero-order chi connectivity index (χ0) is 63.0. The molecule has 0 amide bonds. The van der Waals surface area contributed by atoms with Crippen molar-refractivity contribution in [2.24, 2.45) is 0 Å². The molecule has 0 atom stereocenters. The minimum Gasteiger partial charge on any atom is -0.310 e. The fraction of sp³-hybridized carbons (Fsp3) is 0.241. The Morgan fingerprint density at radius 1 is 0.356 bits per heavy atom. The van der Waals surface area contributed by atoms with Crippen molar-refractivity contribution in [1.29, 1.82) is 0 Å². The first-order chi connectivity index (χ1) is 42.8. The van der Waals surface area contributed by atoms with Gasteiger partial charge in [-0.3, -0.25) is 0 Å². The van der Waals surface area contributed by atoms with Crippen LogP contribution in [0.5, 0.6) is 0 Å². The first kappa shape index (κ1) is 58.5. The fourth-order valence-electron chi connectivity index (χ4n) is 15.1. The van der Waals surface area contributed by atoms with E-state index in [2.05, 4.69) is 355 Å². The number of nitrogens with zero attached hydrogens (tertiary/aromatic N) is 3. The lowest BCUT2D eigenvalue weighted by molar-refractivity contribution is 0.533. The molecule has 2 aliphatic carbocycles. The summed E-state index contributed by atoms with van der Waals surface area (Å²) in [5, 5.41) is 0. The van der Waals surface area contributed by atoms with E-state index in [1.54, 1.807) is 0 Å². The van der Waals surface area contributed by atoms with E-state index >= 15 is 0 Å². The molecule has 0 unspecified atom stereocenters. The van der Waals surface area contributed by atoms with Gasteiger partial charge in [-0.1, -0.05) is 243 Å². The van der Waals surface area contributed by atoms with E-state index in [9.17, 15) is 0 Å². The monoisotopic (exact) mass is 1170 g/mol. The molecule has 0 bridgehead atoms. The van der Waals surface area contributed by atoms with Crippen LogP contribution in [0, 0.1) is 0 Å². The number of para-hydroxylation sites is 1. The molecule has 2 aliphatic heterocycles. The topological polar surface area (TPSA) is 9.72 Å². The molecule has 90 heavy (non-hydrogen) atoms. The Hall–Kier alpha value is -9.18. The maximum absolute atomic E-state index is 4.49. The number of hydrogen-bond donors (Lipinski definition) is 0. The average molecular weight is 1170 g/mol. The summed E-state index contributed by atoms with van der Waals surface area (Å²) in [7, 11) is 0. The van der Waals surface area contributed by atoms with E-state index < -0.39 is 5.41 Å². The molecule has 0 saturated heterocycles. The predicted molar refractivity (Wildman–Crippen MR) is 386 cm³/mol. The molecule has 0 N–H and O–H groups in total. The van der Waals surface area contributed by atoms with Crippen molar-refractivity contribution >= 4 is 56.8 Å². The van der Waals surface area contributed by atoms with Gasteiger partial charge in [-0.15, -0.1) is 0 Å². The quantitative estimate of drug-likeness (QED) is 0.150. The van der Waals surface area contributed by atoms with Gasteiger partial charge in [-0.05, 0) is 214 Å². The summed E-state index contributed by atoms with van der Waals surface area (Å²) < 4.78 is 0. The van der Waals surface area contributed by atoms with Crippen LogP contribution in [0.15, 0.2) is 243 Å². The first-order valence-corrected chi connectivity index (χ1v) is 32.5. The minimum absolute atomic E-state index is 0.00420. The number of hydrogen-bond acceptors (Lipinski definition) is 3. The summed E-state index contributed by atoms with van der Waals surface area (Å²) in [6, 6.07) is 81.5. The summed E-state index contributed by atoms with van der Waals surface area (Å²) in [6.45, 7) is 37.5. The van der Waals surface area contributed by atoms with Crippen molar-refractivity contribution in [3.8, 4) is 33.4 Å². The van der Waals surface area contributed by atoms with Gasteiger partial charge in [0.1, 0.15) is 0 Å². The van der Waals surface area contributed by atoms with Gasteiger partial charge >= 0.3 is 0 Å². The summed E-state index contributed by atoms with van der Waals surface area (Å²) in [6.07, 6.45) is 9.62. The smallest absolute Gasteiger partial charge is 0.0545 e.